The summed E-state index contributed by atoms with van der Waals surface area (Å²) in [5, 5.41) is 0. The Morgan fingerprint density at radius 1 is 0.337 bits per heavy atom. The smallest absolute Gasteiger partial charge is 0.252 e. The summed E-state index contributed by atoms with van der Waals surface area (Å²) in [5.41, 5.74) is 29.0. The molecular formula is C84H91BN4. The minimum Gasteiger partial charge on any atom is -0.311 e. The van der Waals surface area contributed by atoms with E-state index in [-0.39, 0.29) is 28.4 Å². The molecule has 0 saturated heterocycles. The largest absolute Gasteiger partial charge is 0.311 e. The van der Waals surface area contributed by atoms with Crippen LogP contribution in [-0.2, 0) is 28.1 Å². The minimum atomic E-state index is -0.119. The quantitative estimate of drug-likeness (QED) is 0.0795. The fraction of sp³-hybridized carbons (Fsp3) is 0.286. The Labute approximate surface area is 534 Å². The lowest BCUT2D eigenvalue weighted by molar-refractivity contribution is 0.590. The van der Waals surface area contributed by atoms with E-state index in [4.69, 9.17) is 0 Å². The highest BCUT2D eigenvalue weighted by Crippen LogP contribution is 2.50. The van der Waals surface area contributed by atoms with Gasteiger partial charge >= 0.3 is 0 Å². The van der Waals surface area contributed by atoms with Crippen molar-refractivity contribution in [2.45, 2.75) is 158 Å². The van der Waals surface area contributed by atoms with Gasteiger partial charge in [-0.2, -0.15) is 0 Å². The molecule has 10 aromatic rings. The van der Waals surface area contributed by atoms with E-state index in [0.717, 1.165) is 63.3 Å². The summed E-state index contributed by atoms with van der Waals surface area (Å²) in [7, 11) is 0. The first kappa shape index (κ1) is 60.7. The molecule has 0 spiro atoms. The zero-order chi connectivity index (χ0) is 62.7. The van der Waals surface area contributed by atoms with Crippen molar-refractivity contribution in [3.63, 3.8) is 0 Å². The van der Waals surface area contributed by atoms with Crippen LogP contribution in [0.4, 0.5) is 68.2 Å². The Morgan fingerprint density at radius 3 is 1.04 bits per heavy atom. The van der Waals surface area contributed by atoms with Gasteiger partial charge in [-0.15, -0.1) is 0 Å². The molecular weight excluding hydrogens is 1080 g/mol. The van der Waals surface area contributed by atoms with E-state index in [1.807, 2.05) is 0 Å². The lowest BCUT2D eigenvalue weighted by Gasteiger charge is -2.45. The van der Waals surface area contributed by atoms with Crippen LogP contribution in [0.5, 0.6) is 0 Å². The summed E-state index contributed by atoms with van der Waals surface area (Å²) in [6, 6.07) is 84.6. The first-order chi connectivity index (χ1) is 42.4. The van der Waals surface area contributed by atoms with Gasteiger partial charge in [-0.25, -0.2) is 0 Å². The van der Waals surface area contributed by atoms with Crippen molar-refractivity contribution in [1.29, 1.82) is 0 Å². The number of anilines is 12. The van der Waals surface area contributed by atoms with Crippen molar-refractivity contribution >= 4 is 91.3 Å². The molecule has 0 fully saturated rings. The molecule has 0 bridgehead atoms. The number of aryl methyl sites for hydroxylation is 3. The van der Waals surface area contributed by atoms with Gasteiger partial charge < -0.3 is 19.6 Å². The Kier molecular flexibility index (Phi) is 16.2. The molecule has 0 radical (unpaired) electrons. The highest BCUT2D eigenvalue weighted by molar-refractivity contribution is 7.00. The van der Waals surface area contributed by atoms with Crippen molar-refractivity contribution in [3.05, 3.63) is 257 Å². The third-order valence-electron chi connectivity index (χ3n) is 18.7. The standard InChI is InChI=1S/C84H91BN4/c1-16-17-18-19-21-59-22-20-23-60(52-59)61-53-78-80-79(54-61)89(71-38-26-58(3)27-39-71)77-56-73(87(68-44-32-64(33-45-68)83(10,11)12)69-46-34-65(35-47-69)84(13,14)15)49-51-75(77)85(80)74-50-48-72(55-76(74)88(78)70-36-24-57(2)25-37-70)86(66-40-28-62(29-41-66)81(4,5)6)67-42-30-63(31-43-67)82(7,8)9/h20,22-56H,16-19,21H2,1-15H3. The van der Waals surface area contributed by atoms with E-state index >= 15 is 0 Å². The molecule has 0 unspecified atom stereocenters. The van der Waals surface area contributed by atoms with Crippen molar-refractivity contribution in [3.8, 4) is 11.1 Å². The summed E-state index contributed by atoms with van der Waals surface area (Å²) in [6.45, 7) is 34.1. The van der Waals surface area contributed by atoms with Crippen LogP contribution in [0.1, 0.15) is 155 Å². The summed E-state index contributed by atoms with van der Waals surface area (Å²) >= 11 is 0. The van der Waals surface area contributed by atoms with Gasteiger partial charge in [0, 0.05) is 68.2 Å². The second kappa shape index (κ2) is 23.8. The zero-order valence-corrected chi connectivity index (χ0v) is 55.7. The van der Waals surface area contributed by atoms with E-state index in [1.54, 1.807) is 0 Å². The van der Waals surface area contributed by atoms with Crippen molar-refractivity contribution in [2.75, 3.05) is 19.6 Å². The molecule has 2 aliphatic heterocycles. The van der Waals surface area contributed by atoms with Gasteiger partial charge in [0.1, 0.15) is 0 Å². The first-order valence-corrected chi connectivity index (χ1v) is 32.7. The molecule has 0 saturated carbocycles. The van der Waals surface area contributed by atoms with Gasteiger partial charge in [-0.1, -0.05) is 230 Å². The highest BCUT2D eigenvalue weighted by Gasteiger charge is 2.44. The van der Waals surface area contributed by atoms with Crippen LogP contribution in [0.15, 0.2) is 218 Å². The average molecular weight is 1170 g/mol. The number of unbranched alkanes of at least 4 members (excludes halogenated alkanes) is 3. The fourth-order valence-corrected chi connectivity index (χ4v) is 13.4. The summed E-state index contributed by atoms with van der Waals surface area (Å²) in [4.78, 5) is 10.1. The fourth-order valence-electron chi connectivity index (χ4n) is 13.4. The zero-order valence-electron chi connectivity index (χ0n) is 55.7. The van der Waals surface area contributed by atoms with E-state index in [1.165, 1.54) is 104 Å². The summed E-state index contributed by atoms with van der Waals surface area (Å²) in [6.07, 6.45) is 5.98. The molecule has 0 aliphatic carbocycles. The van der Waals surface area contributed by atoms with Crippen LogP contribution >= 0.6 is 0 Å². The maximum atomic E-state index is 2.59. The van der Waals surface area contributed by atoms with E-state index in [2.05, 4.69) is 342 Å². The maximum Gasteiger partial charge on any atom is 0.252 e. The van der Waals surface area contributed by atoms with Crippen LogP contribution in [0.3, 0.4) is 0 Å². The topological polar surface area (TPSA) is 13.0 Å². The average Bonchev–Trinajstić information content (AvgIpc) is 0.708. The van der Waals surface area contributed by atoms with Gasteiger partial charge in [0.25, 0.3) is 6.71 Å². The predicted octanol–water partition coefficient (Wildman–Crippen LogP) is 22.3. The molecule has 5 heteroatoms. The molecule has 0 atom stereocenters. The van der Waals surface area contributed by atoms with Crippen LogP contribution in [0.2, 0.25) is 0 Å². The molecule has 89 heavy (non-hydrogen) atoms. The molecule has 0 aromatic heterocycles. The molecule has 10 aromatic carbocycles. The monoisotopic (exact) mass is 1170 g/mol. The third kappa shape index (κ3) is 12.2. The number of nitrogens with zero attached hydrogens (tertiary/aromatic N) is 4. The molecule has 4 nitrogen and oxygen atoms in total. The van der Waals surface area contributed by atoms with Crippen LogP contribution in [-0.4, -0.2) is 6.71 Å². The Morgan fingerprint density at radius 2 is 0.697 bits per heavy atom. The lowest BCUT2D eigenvalue weighted by atomic mass is 9.33. The molecule has 0 amide bonds. The Balaban J connectivity index is 1.14. The normalized spacial score (nSPS) is 13.0. The van der Waals surface area contributed by atoms with Crippen LogP contribution in [0, 0.1) is 13.8 Å². The molecule has 450 valence electrons. The van der Waals surface area contributed by atoms with Gasteiger partial charge in [-0.05, 0) is 213 Å². The molecule has 0 N–H and O–H groups in total. The van der Waals surface area contributed by atoms with Crippen molar-refractivity contribution < 1.29 is 0 Å². The number of hydrogen-bond acceptors (Lipinski definition) is 4. The third-order valence-corrected chi connectivity index (χ3v) is 18.7. The van der Waals surface area contributed by atoms with Crippen molar-refractivity contribution in [1.82, 2.24) is 0 Å². The molecule has 12 rings (SSSR count). The number of hydrogen-bond donors (Lipinski definition) is 0. The maximum absolute atomic E-state index is 2.59. The first-order valence-electron chi connectivity index (χ1n) is 32.7. The number of rotatable bonds is 14. The number of fused-ring (bicyclic) bond motifs is 4. The van der Waals surface area contributed by atoms with E-state index in [9.17, 15) is 0 Å². The molecule has 2 heterocycles. The lowest BCUT2D eigenvalue weighted by Crippen LogP contribution is -2.61. The van der Waals surface area contributed by atoms with E-state index < -0.39 is 0 Å². The van der Waals surface area contributed by atoms with Crippen LogP contribution in [0.25, 0.3) is 11.1 Å². The summed E-state index contributed by atoms with van der Waals surface area (Å²) in [5.74, 6) is 0. The highest BCUT2D eigenvalue weighted by atomic mass is 15.2. The SMILES string of the molecule is CCCCCCc1cccc(-c2cc3c4c(c2)N(c2ccc(C)cc2)c2cc(N(c5ccc(C(C)(C)C)cc5)c5ccc(C(C)(C)C)cc5)ccc2B4c2ccc(N(c4ccc(C(C)(C)C)cc4)c4ccc(C(C)(C)C)cc4)cc2N3c2ccc(C)cc2)c1. The van der Waals surface area contributed by atoms with Gasteiger partial charge in [0.05, 0.1) is 0 Å². The van der Waals surface area contributed by atoms with Gasteiger partial charge in [0.15, 0.2) is 0 Å². The minimum absolute atomic E-state index is 0.0128. The summed E-state index contributed by atoms with van der Waals surface area (Å²) < 4.78 is 0. The Bertz CT molecular complexity index is 3790. The van der Waals surface area contributed by atoms with E-state index in [0.29, 0.717) is 0 Å². The Hall–Kier alpha value is -8.54. The second-order valence-electron chi connectivity index (χ2n) is 29.6. The second-order valence-corrected chi connectivity index (χ2v) is 29.6. The van der Waals surface area contributed by atoms with Gasteiger partial charge in [0.2, 0.25) is 0 Å². The van der Waals surface area contributed by atoms with Crippen molar-refractivity contribution in [2.24, 2.45) is 0 Å². The van der Waals surface area contributed by atoms with Crippen LogP contribution < -0.4 is 36.0 Å². The van der Waals surface area contributed by atoms with Gasteiger partial charge in [-0.3, -0.25) is 0 Å². The predicted molar refractivity (Wildman–Crippen MR) is 387 cm³/mol. The molecule has 2 aliphatic rings. The number of benzene rings is 10.